The van der Waals surface area contributed by atoms with Gasteiger partial charge in [-0.15, -0.1) is 0 Å². The van der Waals surface area contributed by atoms with Crippen molar-refractivity contribution in [2.24, 2.45) is 5.10 Å². The van der Waals surface area contributed by atoms with Crippen LogP contribution in [0.4, 0.5) is 0 Å². The largest absolute Gasteiger partial charge is 0.497 e. The van der Waals surface area contributed by atoms with E-state index in [-0.39, 0.29) is 12.5 Å². The Morgan fingerprint density at radius 1 is 1.32 bits per heavy atom. The number of methoxy groups -OCH3 is 1. The standard InChI is InChI=1S/C16H20N4O2/c1-11-9-12(2)20(19-11)10-16(21)18-17-13(3)14-5-7-15(22-4)8-6-14/h5-9H,10H2,1-4H3,(H,18,21)/b17-13-. The number of aromatic nitrogens is 2. The summed E-state index contributed by atoms with van der Waals surface area (Å²) in [6.07, 6.45) is 0. The summed E-state index contributed by atoms with van der Waals surface area (Å²) < 4.78 is 6.76. The quantitative estimate of drug-likeness (QED) is 0.679. The van der Waals surface area contributed by atoms with Gasteiger partial charge < -0.3 is 4.74 Å². The zero-order valence-corrected chi connectivity index (χ0v) is 13.3. The van der Waals surface area contributed by atoms with Crippen molar-refractivity contribution in [1.82, 2.24) is 15.2 Å². The van der Waals surface area contributed by atoms with Crippen molar-refractivity contribution in [2.45, 2.75) is 27.3 Å². The summed E-state index contributed by atoms with van der Waals surface area (Å²) in [4.78, 5) is 11.9. The first-order valence-electron chi connectivity index (χ1n) is 6.98. The van der Waals surface area contributed by atoms with Gasteiger partial charge in [0, 0.05) is 5.69 Å². The van der Waals surface area contributed by atoms with Gasteiger partial charge in [0.05, 0.1) is 18.5 Å². The molecule has 1 aromatic carbocycles. The van der Waals surface area contributed by atoms with Crippen LogP contribution in [-0.4, -0.2) is 28.5 Å². The monoisotopic (exact) mass is 300 g/mol. The lowest BCUT2D eigenvalue weighted by Gasteiger charge is -2.05. The molecule has 0 spiro atoms. The van der Waals surface area contributed by atoms with Crippen LogP contribution in [0.2, 0.25) is 0 Å². The van der Waals surface area contributed by atoms with E-state index >= 15 is 0 Å². The van der Waals surface area contributed by atoms with Crippen LogP contribution >= 0.6 is 0 Å². The van der Waals surface area contributed by atoms with Gasteiger partial charge in [0.25, 0.3) is 5.91 Å². The third-order valence-electron chi connectivity index (χ3n) is 3.25. The molecule has 1 aromatic heterocycles. The molecule has 0 aliphatic carbocycles. The summed E-state index contributed by atoms with van der Waals surface area (Å²) >= 11 is 0. The number of hydrazone groups is 1. The van der Waals surface area contributed by atoms with Gasteiger partial charge >= 0.3 is 0 Å². The number of amides is 1. The Morgan fingerprint density at radius 3 is 2.55 bits per heavy atom. The second kappa shape index (κ2) is 6.89. The molecule has 0 saturated heterocycles. The molecule has 0 aliphatic heterocycles. The molecule has 0 aliphatic rings. The molecule has 0 atom stereocenters. The molecule has 1 N–H and O–H groups in total. The molecule has 0 unspecified atom stereocenters. The molecule has 6 nitrogen and oxygen atoms in total. The van der Waals surface area contributed by atoms with Gasteiger partial charge in [0.1, 0.15) is 12.3 Å². The van der Waals surface area contributed by atoms with Gasteiger partial charge in [0.2, 0.25) is 0 Å². The van der Waals surface area contributed by atoms with Gasteiger partial charge in [-0.25, -0.2) is 5.43 Å². The van der Waals surface area contributed by atoms with Crippen molar-refractivity contribution >= 4 is 11.6 Å². The van der Waals surface area contributed by atoms with Crippen molar-refractivity contribution in [2.75, 3.05) is 7.11 Å². The molecule has 22 heavy (non-hydrogen) atoms. The number of benzene rings is 1. The highest BCUT2D eigenvalue weighted by Crippen LogP contribution is 2.11. The SMILES string of the molecule is COc1ccc(/C(C)=N\NC(=O)Cn2nc(C)cc2C)cc1. The predicted molar refractivity (Wildman–Crippen MR) is 85.0 cm³/mol. The Labute approximate surface area is 129 Å². The minimum Gasteiger partial charge on any atom is -0.497 e. The number of rotatable bonds is 5. The van der Waals surface area contributed by atoms with Crippen LogP contribution in [-0.2, 0) is 11.3 Å². The summed E-state index contributed by atoms with van der Waals surface area (Å²) in [5, 5.41) is 8.37. The van der Waals surface area contributed by atoms with Crippen LogP contribution in [0.25, 0.3) is 0 Å². The zero-order valence-electron chi connectivity index (χ0n) is 13.3. The summed E-state index contributed by atoms with van der Waals surface area (Å²) in [6.45, 7) is 5.80. The lowest BCUT2D eigenvalue weighted by molar-refractivity contribution is -0.121. The predicted octanol–water partition coefficient (Wildman–Crippen LogP) is 2.05. The average Bonchev–Trinajstić information content (AvgIpc) is 2.82. The van der Waals surface area contributed by atoms with Crippen LogP contribution in [0.5, 0.6) is 5.75 Å². The van der Waals surface area contributed by atoms with Crippen molar-refractivity contribution in [3.63, 3.8) is 0 Å². The van der Waals surface area contributed by atoms with Gasteiger partial charge in [-0.1, -0.05) is 0 Å². The van der Waals surface area contributed by atoms with Gasteiger partial charge in [-0.05, 0) is 56.7 Å². The number of aryl methyl sites for hydroxylation is 2. The Kier molecular flexibility index (Phi) is 4.93. The molecule has 0 bridgehead atoms. The van der Waals surface area contributed by atoms with Crippen molar-refractivity contribution in [1.29, 1.82) is 0 Å². The van der Waals surface area contributed by atoms with E-state index in [2.05, 4.69) is 15.6 Å². The number of hydrogen-bond donors (Lipinski definition) is 1. The van der Waals surface area contributed by atoms with E-state index in [1.165, 1.54) is 0 Å². The number of ether oxygens (including phenoxy) is 1. The first kappa shape index (κ1) is 15.8. The fourth-order valence-electron chi connectivity index (χ4n) is 2.05. The van der Waals surface area contributed by atoms with E-state index < -0.39 is 0 Å². The Morgan fingerprint density at radius 2 is 2.00 bits per heavy atom. The molecule has 1 amide bonds. The van der Waals surface area contributed by atoms with E-state index in [1.54, 1.807) is 11.8 Å². The second-order valence-electron chi connectivity index (χ2n) is 5.05. The molecule has 6 heteroatoms. The average molecular weight is 300 g/mol. The smallest absolute Gasteiger partial charge is 0.261 e. The van der Waals surface area contributed by atoms with Crippen LogP contribution in [0.3, 0.4) is 0 Å². The summed E-state index contributed by atoms with van der Waals surface area (Å²) in [7, 11) is 1.62. The molecule has 2 aromatic rings. The summed E-state index contributed by atoms with van der Waals surface area (Å²) in [6, 6.07) is 9.42. The van der Waals surface area contributed by atoms with Crippen molar-refractivity contribution in [3.8, 4) is 5.75 Å². The van der Waals surface area contributed by atoms with E-state index in [9.17, 15) is 4.79 Å². The maximum atomic E-state index is 11.9. The van der Waals surface area contributed by atoms with Crippen LogP contribution in [0.15, 0.2) is 35.4 Å². The molecule has 1 heterocycles. The fraction of sp³-hybridized carbons (Fsp3) is 0.312. The lowest BCUT2D eigenvalue weighted by atomic mass is 10.1. The van der Waals surface area contributed by atoms with Crippen molar-refractivity contribution in [3.05, 3.63) is 47.3 Å². The Bertz CT molecular complexity index is 687. The van der Waals surface area contributed by atoms with Gasteiger partial charge in [0.15, 0.2) is 0 Å². The first-order chi connectivity index (χ1) is 10.5. The number of carbonyl (C=O) groups is 1. The maximum Gasteiger partial charge on any atom is 0.261 e. The highest BCUT2D eigenvalue weighted by molar-refractivity contribution is 5.99. The third-order valence-corrected chi connectivity index (χ3v) is 3.25. The molecular weight excluding hydrogens is 280 g/mol. The van der Waals surface area contributed by atoms with Crippen LogP contribution in [0.1, 0.15) is 23.9 Å². The zero-order chi connectivity index (χ0) is 16.1. The van der Waals surface area contributed by atoms with E-state index in [0.717, 1.165) is 28.4 Å². The number of hydrogen-bond acceptors (Lipinski definition) is 4. The maximum absolute atomic E-state index is 11.9. The normalized spacial score (nSPS) is 11.4. The summed E-state index contributed by atoms with van der Waals surface area (Å²) in [5.41, 5.74) is 6.04. The molecule has 2 rings (SSSR count). The Hall–Kier alpha value is -2.63. The van der Waals surface area contributed by atoms with Gasteiger partial charge in [-0.2, -0.15) is 10.2 Å². The molecule has 0 saturated carbocycles. The fourth-order valence-corrected chi connectivity index (χ4v) is 2.05. The van der Waals surface area contributed by atoms with Crippen LogP contribution in [0, 0.1) is 13.8 Å². The minimum atomic E-state index is -0.209. The molecule has 116 valence electrons. The van der Waals surface area contributed by atoms with E-state index in [4.69, 9.17) is 4.74 Å². The summed E-state index contributed by atoms with van der Waals surface area (Å²) in [5.74, 6) is 0.573. The highest BCUT2D eigenvalue weighted by atomic mass is 16.5. The number of nitrogens with one attached hydrogen (secondary N) is 1. The lowest BCUT2D eigenvalue weighted by Crippen LogP contribution is -2.25. The third kappa shape index (κ3) is 3.94. The number of nitrogens with zero attached hydrogens (tertiary/aromatic N) is 3. The second-order valence-corrected chi connectivity index (χ2v) is 5.05. The molecular formula is C16H20N4O2. The van der Waals surface area contributed by atoms with Gasteiger partial charge in [-0.3, -0.25) is 9.48 Å². The van der Waals surface area contributed by atoms with E-state index in [1.807, 2.05) is 51.1 Å². The topological polar surface area (TPSA) is 68.5 Å². The van der Waals surface area contributed by atoms with Crippen molar-refractivity contribution < 1.29 is 9.53 Å². The highest BCUT2D eigenvalue weighted by Gasteiger charge is 2.06. The molecule has 0 radical (unpaired) electrons. The molecule has 0 fully saturated rings. The number of carbonyl (C=O) groups excluding carboxylic acids is 1. The van der Waals surface area contributed by atoms with Crippen LogP contribution < -0.4 is 10.2 Å². The minimum absolute atomic E-state index is 0.152. The first-order valence-corrected chi connectivity index (χ1v) is 6.98. The Balaban J connectivity index is 1.97. The van der Waals surface area contributed by atoms with E-state index in [0.29, 0.717) is 0 Å².